The zero-order valence-corrected chi connectivity index (χ0v) is 15.1. The second-order valence-electron chi connectivity index (χ2n) is 7.16. The SMILES string of the molecule is CCc1nc(N)cc(N2C3CCC2CC(O)(c2ccc(Cl)cc2)C3)n1. The standard InChI is InChI=1S/C19H23ClN4O/c1-2-17-22-16(21)9-18(23-17)24-14-7-8-15(24)11-19(25,10-14)12-3-5-13(20)6-4-12/h3-6,9,14-15,25H,2,7-8,10-11H2,1H3,(H2,21,22,23). The first-order valence-electron chi connectivity index (χ1n) is 8.89. The number of anilines is 2. The Hall–Kier alpha value is -1.85. The molecule has 2 saturated heterocycles. The van der Waals surface area contributed by atoms with Gasteiger partial charge in [-0.05, 0) is 30.5 Å². The van der Waals surface area contributed by atoms with Crippen LogP contribution in [0.1, 0.15) is 44.0 Å². The molecule has 0 amide bonds. The number of halogens is 1. The Morgan fingerprint density at radius 2 is 1.84 bits per heavy atom. The Labute approximate surface area is 152 Å². The van der Waals surface area contributed by atoms with Crippen molar-refractivity contribution in [3.63, 3.8) is 0 Å². The van der Waals surface area contributed by atoms with Crippen LogP contribution in [0.25, 0.3) is 0 Å². The summed E-state index contributed by atoms with van der Waals surface area (Å²) in [5.74, 6) is 2.18. The van der Waals surface area contributed by atoms with Crippen LogP contribution < -0.4 is 10.6 Å². The van der Waals surface area contributed by atoms with E-state index in [4.69, 9.17) is 17.3 Å². The molecule has 1 aromatic carbocycles. The van der Waals surface area contributed by atoms with Crippen LogP contribution in [0.3, 0.4) is 0 Å². The molecule has 0 aliphatic carbocycles. The van der Waals surface area contributed by atoms with Crippen LogP contribution in [0.4, 0.5) is 11.6 Å². The predicted octanol–water partition coefficient (Wildman–Crippen LogP) is 3.29. The third-order valence-corrected chi connectivity index (χ3v) is 5.76. The fourth-order valence-corrected chi connectivity index (χ4v) is 4.51. The van der Waals surface area contributed by atoms with Crippen LogP contribution >= 0.6 is 11.6 Å². The first kappa shape index (κ1) is 16.6. The lowest BCUT2D eigenvalue weighted by atomic mass is 9.80. The number of aromatic nitrogens is 2. The van der Waals surface area contributed by atoms with Gasteiger partial charge in [0.2, 0.25) is 0 Å². The average Bonchev–Trinajstić information content (AvgIpc) is 2.87. The number of hydrogen-bond acceptors (Lipinski definition) is 5. The van der Waals surface area contributed by atoms with E-state index in [9.17, 15) is 5.11 Å². The highest BCUT2D eigenvalue weighted by Crippen LogP contribution is 2.47. The molecular formula is C19H23ClN4O. The van der Waals surface area contributed by atoms with Gasteiger partial charge in [-0.1, -0.05) is 30.7 Å². The van der Waals surface area contributed by atoms with Crippen molar-refractivity contribution < 1.29 is 5.11 Å². The number of nitrogen functional groups attached to an aromatic ring is 1. The van der Waals surface area contributed by atoms with E-state index in [-0.39, 0.29) is 12.1 Å². The first-order chi connectivity index (χ1) is 12.0. The summed E-state index contributed by atoms with van der Waals surface area (Å²) in [5.41, 5.74) is 6.11. The second-order valence-corrected chi connectivity index (χ2v) is 7.60. The molecule has 2 bridgehead atoms. The fourth-order valence-electron chi connectivity index (χ4n) is 4.39. The third-order valence-electron chi connectivity index (χ3n) is 5.51. The molecule has 0 spiro atoms. The zero-order chi connectivity index (χ0) is 17.6. The number of piperidine rings is 1. The average molecular weight is 359 g/mol. The fraction of sp³-hybridized carbons (Fsp3) is 0.474. The lowest BCUT2D eigenvalue weighted by molar-refractivity contribution is -0.00318. The van der Waals surface area contributed by atoms with Crippen LogP contribution in [0.15, 0.2) is 30.3 Å². The summed E-state index contributed by atoms with van der Waals surface area (Å²) >= 11 is 6.00. The summed E-state index contributed by atoms with van der Waals surface area (Å²) in [4.78, 5) is 11.3. The van der Waals surface area contributed by atoms with Gasteiger partial charge in [0.15, 0.2) is 0 Å². The topological polar surface area (TPSA) is 75.3 Å². The van der Waals surface area contributed by atoms with Gasteiger partial charge >= 0.3 is 0 Å². The van der Waals surface area contributed by atoms with E-state index in [1.54, 1.807) is 0 Å². The molecule has 2 aliphatic heterocycles. The number of nitrogens with zero attached hydrogens (tertiary/aromatic N) is 3. The molecule has 25 heavy (non-hydrogen) atoms. The van der Waals surface area contributed by atoms with Gasteiger partial charge in [-0.2, -0.15) is 0 Å². The van der Waals surface area contributed by atoms with Gasteiger partial charge in [-0.25, -0.2) is 9.97 Å². The number of benzene rings is 1. The molecule has 2 fully saturated rings. The first-order valence-corrected chi connectivity index (χ1v) is 9.26. The van der Waals surface area contributed by atoms with Crippen LogP contribution in [0, 0.1) is 0 Å². The molecule has 2 aromatic rings. The summed E-state index contributed by atoms with van der Waals surface area (Å²) in [7, 11) is 0. The summed E-state index contributed by atoms with van der Waals surface area (Å²) in [6, 6.07) is 9.96. The Balaban J connectivity index is 1.64. The minimum atomic E-state index is -0.806. The van der Waals surface area contributed by atoms with Gasteiger partial charge in [0.25, 0.3) is 0 Å². The van der Waals surface area contributed by atoms with E-state index < -0.39 is 5.60 Å². The minimum absolute atomic E-state index is 0.262. The van der Waals surface area contributed by atoms with E-state index in [1.165, 1.54) is 0 Å². The molecule has 3 heterocycles. The van der Waals surface area contributed by atoms with Crippen LogP contribution in [-0.2, 0) is 12.0 Å². The van der Waals surface area contributed by atoms with Crippen molar-refractivity contribution in [1.82, 2.24) is 9.97 Å². The molecule has 0 saturated carbocycles. The van der Waals surface area contributed by atoms with E-state index >= 15 is 0 Å². The molecular weight excluding hydrogens is 336 g/mol. The number of aryl methyl sites for hydroxylation is 1. The Morgan fingerprint density at radius 3 is 2.44 bits per heavy atom. The van der Waals surface area contributed by atoms with Crippen LogP contribution in [-0.4, -0.2) is 27.2 Å². The molecule has 2 unspecified atom stereocenters. The number of aliphatic hydroxyl groups is 1. The minimum Gasteiger partial charge on any atom is -0.385 e. The van der Waals surface area contributed by atoms with Crippen molar-refractivity contribution in [2.45, 2.75) is 56.7 Å². The van der Waals surface area contributed by atoms with Gasteiger partial charge in [0.1, 0.15) is 17.5 Å². The van der Waals surface area contributed by atoms with Gasteiger partial charge in [-0.3, -0.25) is 0 Å². The van der Waals surface area contributed by atoms with Gasteiger partial charge < -0.3 is 15.7 Å². The predicted molar refractivity (Wildman–Crippen MR) is 99.7 cm³/mol. The summed E-state index contributed by atoms with van der Waals surface area (Å²) in [6.07, 6.45) is 4.26. The Bertz CT molecular complexity index is 765. The van der Waals surface area contributed by atoms with Crippen molar-refractivity contribution in [3.8, 4) is 0 Å². The van der Waals surface area contributed by atoms with Crippen LogP contribution in [0.2, 0.25) is 5.02 Å². The smallest absolute Gasteiger partial charge is 0.134 e. The monoisotopic (exact) mass is 358 g/mol. The molecule has 132 valence electrons. The van der Waals surface area contributed by atoms with E-state index in [2.05, 4.69) is 14.9 Å². The molecule has 2 aliphatic rings. The highest BCUT2D eigenvalue weighted by molar-refractivity contribution is 6.30. The molecule has 0 radical (unpaired) electrons. The molecule has 6 heteroatoms. The maximum atomic E-state index is 11.3. The summed E-state index contributed by atoms with van der Waals surface area (Å²) < 4.78 is 0. The zero-order valence-electron chi connectivity index (χ0n) is 14.3. The Kier molecular flexibility index (Phi) is 4.08. The lowest BCUT2D eigenvalue weighted by Gasteiger charge is -2.44. The quantitative estimate of drug-likeness (QED) is 0.880. The molecule has 3 N–H and O–H groups in total. The van der Waals surface area contributed by atoms with E-state index in [0.717, 1.165) is 36.5 Å². The van der Waals surface area contributed by atoms with Gasteiger partial charge in [0, 0.05) is 42.4 Å². The number of rotatable bonds is 3. The molecule has 1 aromatic heterocycles. The van der Waals surface area contributed by atoms with E-state index in [0.29, 0.717) is 23.7 Å². The second kappa shape index (κ2) is 6.15. The summed E-state index contributed by atoms with van der Waals surface area (Å²) in [5, 5.41) is 12.0. The maximum absolute atomic E-state index is 11.3. The van der Waals surface area contributed by atoms with Crippen molar-refractivity contribution >= 4 is 23.2 Å². The van der Waals surface area contributed by atoms with Crippen LogP contribution in [0.5, 0.6) is 0 Å². The van der Waals surface area contributed by atoms with E-state index in [1.807, 2.05) is 37.3 Å². The third kappa shape index (κ3) is 2.96. The van der Waals surface area contributed by atoms with Gasteiger partial charge in [-0.15, -0.1) is 0 Å². The molecule has 5 nitrogen and oxygen atoms in total. The van der Waals surface area contributed by atoms with Crippen molar-refractivity contribution in [3.05, 3.63) is 46.7 Å². The maximum Gasteiger partial charge on any atom is 0.134 e. The molecule has 2 atom stereocenters. The number of hydrogen-bond donors (Lipinski definition) is 2. The number of nitrogens with two attached hydrogens (primary N) is 1. The van der Waals surface area contributed by atoms with Crippen molar-refractivity contribution in [1.29, 1.82) is 0 Å². The highest BCUT2D eigenvalue weighted by atomic mass is 35.5. The van der Waals surface area contributed by atoms with Crippen molar-refractivity contribution in [2.24, 2.45) is 0 Å². The lowest BCUT2D eigenvalue weighted by Crippen LogP contribution is -2.50. The highest BCUT2D eigenvalue weighted by Gasteiger charge is 2.48. The van der Waals surface area contributed by atoms with Gasteiger partial charge in [0.05, 0.1) is 5.60 Å². The Morgan fingerprint density at radius 1 is 1.20 bits per heavy atom. The van der Waals surface area contributed by atoms with Crippen molar-refractivity contribution in [2.75, 3.05) is 10.6 Å². The number of fused-ring (bicyclic) bond motifs is 2. The normalized spacial score (nSPS) is 28.4. The summed E-state index contributed by atoms with van der Waals surface area (Å²) in [6.45, 7) is 2.03. The largest absolute Gasteiger partial charge is 0.385 e. The molecule has 4 rings (SSSR count).